The summed E-state index contributed by atoms with van der Waals surface area (Å²) in [6.07, 6.45) is 1.81. The molecule has 0 amide bonds. The molecule has 2 aromatic rings. The van der Waals surface area contributed by atoms with E-state index >= 15 is 0 Å². The van der Waals surface area contributed by atoms with Crippen LogP contribution in [0.5, 0.6) is 0 Å². The van der Waals surface area contributed by atoms with E-state index in [1.807, 2.05) is 19.3 Å². The summed E-state index contributed by atoms with van der Waals surface area (Å²) in [6.45, 7) is 0.135. The molecule has 0 saturated heterocycles. The van der Waals surface area contributed by atoms with E-state index in [2.05, 4.69) is 20.7 Å². The number of hydrogen-bond donors (Lipinski definition) is 2. The highest BCUT2D eigenvalue weighted by Gasteiger charge is 2.23. The highest BCUT2D eigenvalue weighted by molar-refractivity contribution is 9.11. The quantitative estimate of drug-likeness (QED) is 0.832. The molecule has 0 saturated carbocycles. The van der Waals surface area contributed by atoms with Crippen LogP contribution >= 0.6 is 27.3 Å². The molecule has 0 aliphatic rings. The fraction of sp³-hybridized carbons (Fsp3) is 0.182. The summed E-state index contributed by atoms with van der Waals surface area (Å²) in [6, 6.07) is 4.75. The van der Waals surface area contributed by atoms with Crippen LogP contribution in [0.25, 0.3) is 0 Å². The van der Waals surface area contributed by atoms with Crippen molar-refractivity contribution in [3.05, 3.63) is 38.8 Å². The molecular weight excluding hydrogens is 368 g/mol. The Bertz CT molecular complexity index is 748. The molecule has 6 nitrogen and oxygen atoms in total. The molecule has 0 bridgehead atoms. The number of nitrogens with zero attached hydrogens (tertiary/aromatic N) is 1. The molecule has 0 radical (unpaired) electrons. The van der Waals surface area contributed by atoms with Crippen LogP contribution < -0.4 is 4.72 Å². The number of aromatic carboxylic acids is 1. The van der Waals surface area contributed by atoms with Gasteiger partial charge in [0.2, 0.25) is 10.0 Å². The number of aromatic nitrogens is 1. The van der Waals surface area contributed by atoms with Gasteiger partial charge in [-0.15, -0.1) is 11.3 Å². The van der Waals surface area contributed by atoms with Gasteiger partial charge in [-0.1, -0.05) is 0 Å². The SMILES string of the molecule is Cn1cccc1CNS(=O)(=O)c1cc(C(=O)O)sc1Br. The van der Waals surface area contributed by atoms with Gasteiger partial charge in [-0.05, 0) is 34.1 Å². The first kappa shape index (κ1) is 15.2. The van der Waals surface area contributed by atoms with Gasteiger partial charge in [0.1, 0.15) is 9.77 Å². The standard InChI is InChI=1S/C11H11BrN2O4S2/c1-14-4-2-3-7(14)6-13-20(17,18)9-5-8(11(15)16)19-10(9)12/h2-5,13H,6H2,1H3,(H,15,16). The second-order valence-corrected chi connectivity index (χ2v) is 8.09. The van der Waals surface area contributed by atoms with Crippen molar-refractivity contribution in [1.29, 1.82) is 0 Å². The molecule has 0 aromatic carbocycles. The zero-order chi connectivity index (χ0) is 14.9. The zero-order valence-electron chi connectivity index (χ0n) is 10.3. The summed E-state index contributed by atoms with van der Waals surface area (Å²) in [5, 5.41) is 8.88. The lowest BCUT2D eigenvalue weighted by molar-refractivity contribution is 0.0702. The fourth-order valence-corrected chi connectivity index (χ4v) is 4.97. The number of sulfonamides is 1. The first-order valence-electron chi connectivity index (χ1n) is 5.44. The Morgan fingerprint density at radius 3 is 2.75 bits per heavy atom. The topological polar surface area (TPSA) is 88.4 Å². The molecule has 0 aliphatic heterocycles. The second kappa shape index (κ2) is 5.68. The van der Waals surface area contributed by atoms with E-state index in [1.54, 1.807) is 10.6 Å². The molecule has 0 unspecified atom stereocenters. The Labute approximate surface area is 128 Å². The van der Waals surface area contributed by atoms with Gasteiger partial charge in [0, 0.05) is 18.9 Å². The Balaban J connectivity index is 2.22. The Morgan fingerprint density at radius 2 is 2.25 bits per heavy atom. The van der Waals surface area contributed by atoms with Crippen molar-refractivity contribution >= 4 is 43.3 Å². The third-order valence-corrected chi connectivity index (χ3v) is 6.29. The number of thiophene rings is 1. The van der Waals surface area contributed by atoms with E-state index in [4.69, 9.17) is 5.11 Å². The molecule has 2 N–H and O–H groups in total. The molecule has 9 heteroatoms. The van der Waals surface area contributed by atoms with Crippen molar-refractivity contribution in [2.75, 3.05) is 0 Å². The van der Waals surface area contributed by atoms with Crippen molar-refractivity contribution in [3.63, 3.8) is 0 Å². The first-order chi connectivity index (χ1) is 9.31. The van der Waals surface area contributed by atoms with E-state index < -0.39 is 16.0 Å². The number of halogens is 1. The van der Waals surface area contributed by atoms with Gasteiger partial charge in [-0.3, -0.25) is 0 Å². The molecule has 108 valence electrons. The van der Waals surface area contributed by atoms with Gasteiger partial charge in [0.05, 0.1) is 10.3 Å². The minimum atomic E-state index is -3.76. The highest BCUT2D eigenvalue weighted by Crippen LogP contribution is 2.31. The van der Waals surface area contributed by atoms with Crippen molar-refractivity contribution in [1.82, 2.24) is 9.29 Å². The number of aryl methyl sites for hydroxylation is 1. The van der Waals surface area contributed by atoms with E-state index in [0.29, 0.717) is 0 Å². The minimum Gasteiger partial charge on any atom is -0.477 e. The minimum absolute atomic E-state index is 0.0314. The van der Waals surface area contributed by atoms with Gasteiger partial charge in [0.25, 0.3) is 0 Å². The Morgan fingerprint density at radius 1 is 1.55 bits per heavy atom. The summed E-state index contributed by atoms with van der Waals surface area (Å²) in [5.41, 5.74) is 0.804. The molecule has 20 heavy (non-hydrogen) atoms. The van der Waals surface area contributed by atoms with Crippen molar-refractivity contribution < 1.29 is 18.3 Å². The molecule has 2 heterocycles. The van der Waals surface area contributed by atoms with E-state index in [9.17, 15) is 13.2 Å². The Kier molecular flexibility index (Phi) is 4.33. The van der Waals surface area contributed by atoms with Gasteiger partial charge in [-0.2, -0.15) is 0 Å². The van der Waals surface area contributed by atoms with Gasteiger partial charge >= 0.3 is 5.97 Å². The third kappa shape index (κ3) is 3.11. The maximum absolute atomic E-state index is 12.2. The number of nitrogens with one attached hydrogen (secondary N) is 1. The van der Waals surface area contributed by atoms with Gasteiger partial charge < -0.3 is 9.67 Å². The lowest BCUT2D eigenvalue weighted by atomic mass is 10.4. The smallest absolute Gasteiger partial charge is 0.345 e. The maximum atomic E-state index is 12.2. The van der Waals surface area contributed by atoms with Crippen LogP contribution in [-0.2, 0) is 23.6 Å². The molecule has 0 spiro atoms. The number of carboxylic acid groups (broad SMARTS) is 1. The van der Waals surface area contributed by atoms with E-state index in [0.717, 1.165) is 23.1 Å². The van der Waals surface area contributed by atoms with Gasteiger partial charge in [-0.25, -0.2) is 17.9 Å². The fourth-order valence-electron chi connectivity index (χ4n) is 1.57. The van der Waals surface area contributed by atoms with Crippen molar-refractivity contribution in [2.24, 2.45) is 7.05 Å². The first-order valence-corrected chi connectivity index (χ1v) is 8.53. The van der Waals surface area contributed by atoms with Gasteiger partial charge in [0.15, 0.2) is 0 Å². The second-order valence-electron chi connectivity index (χ2n) is 3.99. The molecular formula is C11H11BrN2O4S2. The summed E-state index contributed by atoms with van der Waals surface area (Å²) in [4.78, 5) is 10.8. The summed E-state index contributed by atoms with van der Waals surface area (Å²) >= 11 is 3.95. The van der Waals surface area contributed by atoms with Crippen LogP contribution in [0.3, 0.4) is 0 Å². The average molecular weight is 379 g/mol. The van der Waals surface area contributed by atoms with Crippen molar-refractivity contribution in [2.45, 2.75) is 11.4 Å². The maximum Gasteiger partial charge on any atom is 0.345 e. The summed E-state index contributed by atoms with van der Waals surface area (Å²) in [5.74, 6) is -1.15. The number of carbonyl (C=O) groups is 1. The van der Waals surface area contributed by atoms with Crippen LogP contribution in [0.15, 0.2) is 33.1 Å². The summed E-state index contributed by atoms with van der Waals surface area (Å²) < 4.78 is 28.8. The van der Waals surface area contributed by atoms with Crippen LogP contribution in [0.2, 0.25) is 0 Å². The monoisotopic (exact) mass is 378 g/mol. The zero-order valence-corrected chi connectivity index (χ0v) is 13.5. The Hall–Kier alpha value is -1.16. The molecule has 2 aromatic heterocycles. The average Bonchev–Trinajstić information content (AvgIpc) is 2.93. The van der Waals surface area contributed by atoms with Crippen molar-refractivity contribution in [3.8, 4) is 0 Å². The predicted molar refractivity (Wildman–Crippen MR) is 78.4 cm³/mol. The number of rotatable bonds is 5. The molecule has 0 fully saturated rings. The van der Waals surface area contributed by atoms with Crippen LogP contribution in [0.1, 0.15) is 15.4 Å². The predicted octanol–water partition coefficient (Wildman–Crippen LogP) is 2.03. The van der Waals surface area contributed by atoms with Crippen LogP contribution in [-0.4, -0.2) is 24.1 Å². The largest absolute Gasteiger partial charge is 0.477 e. The van der Waals surface area contributed by atoms with Crippen LogP contribution in [0.4, 0.5) is 0 Å². The number of carboxylic acids is 1. The molecule has 0 atom stereocenters. The highest BCUT2D eigenvalue weighted by atomic mass is 79.9. The lowest BCUT2D eigenvalue weighted by Gasteiger charge is -2.06. The molecule has 2 rings (SSSR count). The van der Waals surface area contributed by atoms with E-state index in [1.165, 1.54) is 0 Å². The van der Waals surface area contributed by atoms with Crippen LogP contribution in [0, 0.1) is 0 Å². The normalized spacial score (nSPS) is 11.7. The number of hydrogen-bond acceptors (Lipinski definition) is 4. The lowest BCUT2D eigenvalue weighted by Crippen LogP contribution is -2.24. The third-order valence-electron chi connectivity index (χ3n) is 2.65. The summed E-state index contributed by atoms with van der Waals surface area (Å²) in [7, 11) is -1.95. The van der Waals surface area contributed by atoms with E-state index in [-0.39, 0.29) is 20.1 Å². The molecule has 0 aliphatic carbocycles.